The maximum absolute atomic E-state index is 10.7. The van der Waals surface area contributed by atoms with Crippen LogP contribution in [0.3, 0.4) is 0 Å². The Morgan fingerprint density at radius 1 is 1.00 bits per heavy atom. The Bertz CT molecular complexity index is 675. The molecular weight excluding hydrogens is 294 g/mol. The summed E-state index contributed by atoms with van der Waals surface area (Å²) < 4.78 is 22.0. The van der Waals surface area contributed by atoms with E-state index in [2.05, 4.69) is 59.3 Å². The molecule has 4 heteroatoms. The second-order valence-corrected chi connectivity index (χ2v) is 6.15. The molecule has 0 aromatic heterocycles. The van der Waals surface area contributed by atoms with Crippen LogP contribution < -0.4 is 4.72 Å². The zero-order valence-corrected chi connectivity index (χ0v) is 13.1. The summed E-state index contributed by atoms with van der Waals surface area (Å²) in [6, 6.07) is 17.0. The Labute approximate surface area is 133 Å². The first-order valence-electron chi connectivity index (χ1n) is 7.47. The Morgan fingerprint density at radius 3 is 2.09 bits per heavy atom. The summed E-state index contributed by atoms with van der Waals surface area (Å²) in [7, 11) is 0. The van der Waals surface area contributed by atoms with Crippen LogP contribution in [0.15, 0.2) is 54.6 Å². The van der Waals surface area contributed by atoms with E-state index in [4.69, 9.17) is 4.55 Å². The third kappa shape index (κ3) is 3.35. The third-order valence-corrected chi connectivity index (χ3v) is 4.45. The SMILES string of the molecule is O=S(O)NCCC=C1c2ccccc2CCc2ccccc21. The first-order valence-corrected chi connectivity index (χ1v) is 8.57. The smallest absolute Gasteiger partial charge is 0.231 e. The molecule has 22 heavy (non-hydrogen) atoms. The molecule has 0 saturated carbocycles. The Hall–Kier alpha value is -1.75. The molecule has 1 aliphatic carbocycles. The number of hydrogen-bond donors (Lipinski definition) is 2. The van der Waals surface area contributed by atoms with Gasteiger partial charge in [0.05, 0.1) is 0 Å². The monoisotopic (exact) mass is 313 g/mol. The fourth-order valence-corrected chi connectivity index (χ4v) is 3.29. The number of nitrogens with one attached hydrogen (secondary N) is 1. The first kappa shape index (κ1) is 15.2. The van der Waals surface area contributed by atoms with Crippen molar-refractivity contribution in [3.8, 4) is 0 Å². The van der Waals surface area contributed by atoms with Gasteiger partial charge in [-0.05, 0) is 47.1 Å². The van der Waals surface area contributed by atoms with Crippen LogP contribution >= 0.6 is 0 Å². The van der Waals surface area contributed by atoms with E-state index in [0.717, 1.165) is 12.8 Å². The van der Waals surface area contributed by atoms with Crippen LogP contribution in [-0.4, -0.2) is 15.3 Å². The van der Waals surface area contributed by atoms with Gasteiger partial charge in [-0.2, -0.15) is 0 Å². The summed E-state index contributed by atoms with van der Waals surface area (Å²) in [5, 5.41) is 0. The van der Waals surface area contributed by atoms with Crippen molar-refractivity contribution in [2.24, 2.45) is 0 Å². The second kappa shape index (κ2) is 7.01. The van der Waals surface area contributed by atoms with Gasteiger partial charge in [-0.25, -0.2) is 8.93 Å². The molecule has 3 rings (SSSR count). The molecule has 2 aromatic carbocycles. The molecule has 0 amide bonds. The third-order valence-electron chi connectivity index (χ3n) is 4.00. The van der Waals surface area contributed by atoms with E-state index in [1.54, 1.807) is 0 Å². The Kier molecular flexibility index (Phi) is 4.83. The average molecular weight is 313 g/mol. The molecule has 3 nitrogen and oxygen atoms in total. The minimum Gasteiger partial charge on any atom is -0.294 e. The Balaban J connectivity index is 1.98. The van der Waals surface area contributed by atoms with Gasteiger partial charge in [-0.15, -0.1) is 0 Å². The largest absolute Gasteiger partial charge is 0.294 e. The van der Waals surface area contributed by atoms with Crippen LogP contribution in [0.2, 0.25) is 0 Å². The van der Waals surface area contributed by atoms with E-state index >= 15 is 0 Å². The normalized spacial score (nSPS) is 14.7. The standard InChI is InChI=1S/C18H19NO2S/c20-22(21)19-13-5-10-18-16-8-3-1-6-14(16)11-12-15-7-2-4-9-17(15)18/h1-4,6-10,19H,5,11-13H2,(H,20,21). The summed E-state index contributed by atoms with van der Waals surface area (Å²) in [6.07, 6.45) is 4.97. The van der Waals surface area contributed by atoms with Crippen molar-refractivity contribution in [3.63, 3.8) is 0 Å². The van der Waals surface area contributed by atoms with Crippen molar-refractivity contribution in [2.75, 3.05) is 6.54 Å². The summed E-state index contributed by atoms with van der Waals surface area (Å²) >= 11 is -1.94. The van der Waals surface area contributed by atoms with E-state index < -0.39 is 11.3 Å². The van der Waals surface area contributed by atoms with Crippen LogP contribution in [0.4, 0.5) is 0 Å². The molecule has 0 heterocycles. The molecular formula is C18H19NO2S. The minimum absolute atomic E-state index is 0.483. The van der Waals surface area contributed by atoms with Crippen molar-refractivity contribution in [1.82, 2.24) is 4.72 Å². The summed E-state index contributed by atoms with van der Waals surface area (Å²) in [4.78, 5) is 0. The van der Waals surface area contributed by atoms with Crippen molar-refractivity contribution >= 4 is 16.8 Å². The summed E-state index contributed by atoms with van der Waals surface area (Å²) in [5.41, 5.74) is 6.51. The van der Waals surface area contributed by atoms with Crippen LogP contribution in [0.25, 0.3) is 5.57 Å². The van der Waals surface area contributed by atoms with E-state index in [0.29, 0.717) is 13.0 Å². The highest BCUT2D eigenvalue weighted by Crippen LogP contribution is 2.33. The fourth-order valence-electron chi connectivity index (χ4n) is 3.00. The van der Waals surface area contributed by atoms with Gasteiger partial charge < -0.3 is 0 Å². The van der Waals surface area contributed by atoms with E-state index in [9.17, 15) is 4.21 Å². The number of fused-ring (bicyclic) bond motifs is 2. The lowest BCUT2D eigenvalue weighted by atomic mass is 9.93. The molecule has 0 bridgehead atoms. The van der Waals surface area contributed by atoms with Crippen LogP contribution in [0.5, 0.6) is 0 Å². The molecule has 1 atom stereocenters. The van der Waals surface area contributed by atoms with Gasteiger partial charge >= 0.3 is 0 Å². The number of benzene rings is 2. The van der Waals surface area contributed by atoms with Gasteiger partial charge in [0, 0.05) is 6.54 Å². The van der Waals surface area contributed by atoms with Gasteiger partial charge in [-0.3, -0.25) is 4.55 Å². The second-order valence-electron chi connectivity index (χ2n) is 5.36. The van der Waals surface area contributed by atoms with Crippen LogP contribution in [-0.2, 0) is 24.1 Å². The predicted molar refractivity (Wildman–Crippen MR) is 90.8 cm³/mol. The molecule has 0 radical (unpaired) electrons. The van der Waals surface area contributed by atoms with E-state index in [1.165, 1.54) is 27.8 Å². The predicted octanol–water partition coefficient (Wildman–Crippen LogP) is 3.33. The molecule has 0 aliphatic heterocycles. The summed E-state index contributed by atoms with van der Waals surface area (Å²) in [5.74, 6) is 0. The highest BCUT2D eigenvalue weighted by Gasteiger charge is 2.16. The lowest BCUT2D eigenvalue weighted by molar-refractivity contribution is 0.549. The number of rotatable bonds is 4. The minimum atomic E-state index is -1.94. The molecule has 2 aromatic rings. The zero-order chi connectivity index (χ0) is 15.4. The van der Waals surface area contributed by atoms with Crippen LogP contribution in [0, 0.1) is 0 Å². The molecule has 0 spiro atoms. The summed E-state index contributed by atoms with van der Waals surface area (Å²) in [6.45, 7) is 0.483. The van der Waals surface area contributed by atoms with E-state index in [-0.39, 0.29) is 0 Å². The fraction of sp³-hybridized carbons (Fsp3) is 0.222. The van der Waals surface area contributed by atoms with Crippen molar-refractivity contribution in [2.45, 2.75) is 19.3 Å². The lowest BCUT2D eigenvalue weighted by Gasteiger charge is -2.12. The van der Waals surface area contributed by atoms with Crippen molar-refractivity contribution in [3.05, 3.63) is 76.9 Å². The maximum atomic E-state index is 10.7. The highest BCUT2D eigenvalue weighted by molar-refractivity contribution is 7.77. The van der Waals surface area contributed by atoms with Crippen LogP contribution in [0.1, 0.15) is 28.7 Å². The number of aryl methyl sites for hydroxylation is 2. The lowest BCUT2D eigenvalue weighted by Crippen LogP contribution is -2.16. The number of hydrogen-bond acceptors (Lipinski definition) is 1. The Morgan fingerprint density at radius 2 is 1.55 bits per heavy atom. The van der Waals surface area contributed by atoms with E-state index in [1.807, 2.05) is 0 Å². The van der Waals surface area contributed by atoms with Gasteiger partial charge in [0.15, 0.2) is 0 Å². The van der Waals surface area contributed by atoms with Gasteiger partial charge in [0.1, 0.15) is 0 Å². The average Bonchev–Trinajstić information content (AvgIpc) is 2.69. The molecule has 0 fully saturated rings. The zero-order valence-electron chi connectivity index (χ0n) is 12.3. The van der Waals surface area contributed by atoms with Crippen molar-refractivity contribution < 1.29 is 8.76 Å². The molecule has 1 aliphatic rings. The maximum Gasteiger partial charge on any atom is 0.231 e. The van der Waals surface area contributed by atoms with Crippen molar-refractivity contribution in [1.29, 1.82) is 0 Å². The first-order chi connectivity index (χ1) is 10.8. The highest BCUT2D eigenvalue weighted by atomic mass is 32.2. The molecule has 114 valence electrons. The topological polar surface area (TPSA) is 49.3 Å². The van der Waals surface area contributed by atoms with Gasteiger partial charge in [0.2, 0.25) is 11.3 Å². The van der Waals surface area contributed by atoms with Gasteiger partial charge in [-0.1, -0.05) is 54.6 Å². The molecule has 0 saturated heterocycles. The quantitative estimate of drug-likeness (QED) is 0.672. The van der Waals surface area contributed by atoms with Gasteiger partial charge in [0.25, 0.3) is 0 Å². The molecule has 2 N–H and O–H groups in total. The molecule has 1 unspecified atom stereocenters.